The van der Waals surface area contributed by atoms with Gasteiger partial charge in [0, 0.05) is 44.3 Å². The highest BCUT2D eigenvalue weighted by Gasteiger charge is 2.57. The van der Waals surface area contributed by atoms with Gasteiger partial charge in [0.15, 0.2) is 0 Å². The zero-order valence-electron chi connectivity index (χ0n) is 18.3. The van der Waals surface area contributed by atoms with Gasteiger partial charge in [-0.05, 0) is 30.2 Å². The first-order valence-electron chi connectivity index (χ1n) is 11.2. The Bertz CT molecular complexity index is 1080. The molecular weight excluding hydrogens is 422 g/mol. The third-order valence-electron chi connectivity index (χ3n) is 7.08. The summed E-state index contributed by atoms with van der Waals surface area (Å²) in [6.45, 7) is 2.50. The monoisotopic (exact) mass is 449 g/mol. The fraction of sp³-hybridized carbons (Fsp3) is 0.400. The second-order valence-electron chi connectivity index (χ2n) is 9.40. The van der Waals surface area contributed by atoms with Gasteiger partial charge in [0.25, 0.3) is 5.91 Å². The molecule has 0 unspecified atom stereocenters. The molecule has 3 aliphatic heterocycles. The Morgan fingerprint density at radius 1 is 0.909 bits per heavy atom. The molecule has 3 heterocycles. The zero-order valence-corrected chi connectivity index (χ0v) is 18.3. The summed E-state index contributed by atoms with van der Waals surface area (Å²) < 4.78 is 0. The molecule has 1 spiro atoms. The molecule has 3 fully saturated rings. The lowest BCUT2D eigenvalue weighted by atomic mass is 9.83. The van der Waals surface area contributed by atoms with Crippen LogP contribution in [-0.2, 0) is 11.2 Å². The number of piperazine rings is 1. The topological polar surface area (TPSA) is 101 Å². The molecule has 172 valence electrons. The summed E-state index contributed by atoms with van der Waals surface area (Å²) in [6.07, 6.45) is 0.470. The van der Waals surface area contributed by atoms with E-state index < -0.39 is 12.1 Å². The summed E-state index contributed by atoms with van der Waals surface area (Å²) in [7, 11) is 0. The number of carboxylic acids is 1. The zero-order chi connectivity index (χ0) is 23.2. The molecule has 2 N–H and O–H groups in total. The number of fused-ring (bicyclic) bond motifs is 2. The number of carbonyl (C=O) groups is 3. The quantitative estimate of drug-likeness (QED) is 0.725. The summed E-state index contributed by atoms with van der Waals surface area (Å²) in [5.74, 6) is -1.23. The second-order valence-corrected chi connectivity index (χ2v) is 9.40. The Balaban J connectivity index is 1.33. The standard InChI is InChI=1S/C25H27N3O5/c29-21-11-20-12-26(23(31)18-7-4-8-19(10-18)24(32)33)14-25(28(20)13-21)15-27(16-25)22(30)9-17-5-2-1-3-6-17/h1-8,10,20-21,29H,9,11-16H2,(H,32,33)/t20-,21+/m0/s1. The number of carboxylic acid groups (broad SMARTS) is 1. The average Bonchev–Trinajstić information content (AvgIpc) is 3.17. The highest BCUT2D eigenvalue weighted by atomic mass is 16.4. The number of aliphatic hydroxyl groups is 1. The predicted molar refractivity (Wildman–Crippen MR) is 120 cm³/mol. The number of hydrogen-bond donors (Lipinski definition) is 2. The lowest BCUT2D eigenvalue weighted by Gasteiger charge is -2.60. The highest BCUT2D eigenvalue weighted by Crippen LogP contribution is 2.39. The summed E-state index contributed by atoms with van der Waals surface area (Å²) >= 11 is 0. The maximum absolute atomic E-state index is 13.3. The van der Waals surface area contributed by atoms with Crippen LogP contribution < -0.4 is 0 Å². The van der Waals surface area contributed by atoms with Gasteiger partial charge in [-0.15, -0.1) is 0 Å². The van der Waals surface area contributed by atoms with Crippen LogP contribution in [0.3, 0.4) is 0 Å². The Hall–Kier alpha value is -3.23. The van der Waals surface area contributed by atoms with Gasteiger partial charge in [-0.1, -0.05) is 36.4 Å². The minimum atomic E-state index is -1.07. The molecule has 3 aliphatic rings. The van der Waals surface area contributed by atoms with Crippen molar-refractivity contribution in [2.24, 2.45) is 0 Å². The van der Waals surface area contributed by atoms with E-state index in [2.05, 4.69) is 4.90 Å². The van der Waals surface area contributed by atoms with Crippen LogP contribution in [0.1, 0.15) is 32.7 Å². The number of nitrogens with zero attached hydrogens (tertiary/aromatic N) is 3. The van der Waals surface area contributed by atoms with Crippen LogP contribution in [0.4, 0.5) is 0 Å². The average molecular weight is 450 g/mol. The van der Waals surface area contributed by atoms with Crippen molar-refractivity contribution in [1.82, 2.24) is 14.7 Å². The van der Waals surface area contributed by atoms with E-state index in [1.807, 2.05) is 35.2 Å². The maximum atomic E-state index is 13.3. The third-order valence-corrected chi connectivity index (χ3v) is 7.08. The summed E-state index contributed by atoms with van der Waals surface area (Å²) in [6, 6.07) is 15.7. The van der Waals surface area contributed by atoms with Crippen molar-refractivity contribution < 1.29 is 24.6 Å². The van der Waals surface area contributed by atoms with Crippen molar-refractivity contribution in [3.05, 3.63) is 71.3 Å². The van der Waals surface area contributed by atoms with Crippen LogP contribution in [0.2, 0.25) is 0 Å². The minimum Gasteiger partial charge on any atom is -0.478 e. The minimum absolute atomic E-state index is 0.0201. The van der Waals surface area contributed by atoms with E-state index in [9.17, 15) is 24.6 Å². The number of hydrogen-bond acceptors (Lipinski definition) is 5. The number of amides is 2. The fourth-order valence-corrected chi connectivity index (χ4v) is 5.54. The summed E-state index contributed by atoms with van der Waals surface area (Å²) in [5.41, 5.74) is 1.00. The number of aromatic carboxylic acids is 1. The van der Waals surface area contributed by atoms with Gasteiger partial charge in [-0.25, -0.2) is 4.79 Å². The number of rotatable bonds is 4. The van der Waals surface area contributed by atoms with Crippen LogP contribution in [-0.4, -0.2) is 93.1 Å². The molecule has 2 aromatic rings. The lowest BCUT2D eigenvalue weighted by molar-refractivity contribution is -0.153. The van der Waals surface area contributed by atoms with Crippen molar-refractivity contribution >= 4 is 17.8 Å². The van der Waals surface area contributed by atoms with Gasteiger partial charge >= 0.3 is 5.97 Å². The molecule has 0 bridgehead atoms. The van der Waals surface area contributed by atoms with Gasteiger partial charge < -0.3 is 20.0 Å². The number of benzene rings is 2. The molecule has 0 aliphatic carbocycles. The predicted octanol–water partition coefficient (Wildman–Crippen LogP) is 1.10. The summed E-state index contributed by atoms with van der Waals surface area (Å²) in [5, 5.41) is 19.6. The van der Waals surface area contributed by atoms with Crippen LogP contribution in [0.5, 0.6) is 0 Å². The van der Waals surface area contributed by atoms with Crippen molar-refractivity contribution in [2.75, 3.05) is 32.7 Å². The smallest absolute Gasteiger partial charge is 0.335 e. The Labute approximate surface area is 192 Å². The van der Waals surface area contributed by atoms with E-state index >= 15 is 0 Å². The normalized spacial score (nSPS) is 23.8. The molecule has 0 aromatic heterocycles. The van der Waals surface area contributed by atoms with Crippen molar-refractivity contribution in [2.45, 2.75) is 30.5 Å². The van der Waals surface area contributed by atoms with Crippen LogP contribution in [0, 0.1) is 0 Å². The maximum Gasteiger partial charge on any atom is 0.335 e. The number of aliphatic hydroxyl groups excluding tert-OH is 1. The van der Waals surface area contributed by atoms with Crippen LogP contribution in [0.15, 0.2) is 54.6 Å². The third kappa shape index (κ3) is 4.00. The Kier molecular flexibility index (Phi) is 5.42. The van der Waals surface area contributed by atoms with Gasteiger partial charge in [0.2, 0.25) is 5.91 Å². The molecule has 0 radical (unpaired) electrons. The molecule has 2 aromatic carbocycles. The molecular formula is C25H27N3O5. The van der Waals surface area contributed by atoms with Gasteiger partial charge in [-0.2, -0.15) is 0 Å². The molecule has 2 atom stereocenters. The number of likely N-dealkylation sites (tertiary alicyclic amines) is 1. The van der Waals surface area contributed by atoms with Crippen LogP contribution in [0.25, 0.3) is 0 Å². The first-order valence-corrected chi connectivity index (χ1v) is 11.2. The molecule has 3 saturated heterocycles. The molecule has 0 saturated carbocycles. The van der Waals surface area contributed by atoms with Crippen molar-refractivity contribution in [3.8, 4) is 0 Å². The van der Waals surface area contributed by atoms with E-state index in [0.717, 1.165) is 5.56 Å². The molecule has 33 heavy (non-hydrogen) atoms. The van der Waals surface area contributed by atoms with E-state index in [0.29, 0.717) is 51.1 Å². The van der Waals surface area contributed by atoms with E-state index in [1.165, 1.54) is 12.1 Å². The van der Waals surface area contributed by atoms with Gasteiger partial charge in [0.05, 0.1) is 23.6 Å². The van der Waals surface area contributed by atoms with E-state index in [1.54, 1.807) is 17.0 Å². The first-order chi connectivity index (χ1) is 15.8. The first kappa shape index (κ1) is 21.6. The number of carbonyl (C=O) groups excluding carboxylic acids is 2. The van der Waals surface area contributed by atoms with Gasteiger partial charge in [0.1, 0.15) is 0 Å². The van der Waals surface area contributed by atoms with Crippen molar-refractivity contribution in [1.29, 1.82) is 0 Å². The lowest BCUT2D eigenvalue weighted by Crippen LogP contribution is -2.79. The second kappa shape index (κ2) is 8.28. The SMILES string of the molecule is O=C(O)c1cccc(C(=O)N2C[C@@H]3C[C@@H](O)CN3C3(CN(C(=O)Cc4ccccc4)C3)C2)c1. The van der Waals surface area contributed by atoms with E-state index in [4.69, 9.17) is 0 Å². The molecule has 5 rings (SSSR count). The van der Waals surface area contributed by atoms with Gasteiger partial charge in [-0.3, -0.25) is 14.5 Å². The largest absolute Gasteiger partial charge is 0.478 e. The molecule has 8 nitrogen and oxygen atoms in total. The Morgan fingerprint density at radius 3 is 2.33 bits per heavy atom. The van der Waals surface area contributed by atoms with Crippen LogP contribution >= 0.6 is 0 Å². The van der Waals surface area contributed by atoms with E-state index in [-0.39, 0.29) is 29.0 Å². The number of β-amino-alcohol motifs (C(OH)–C–C–N with tert-alkyl or cyclic N) is 1. The molecule has 8 heteroatoms. The summed E-state index contributed by atoms with van der Waals surface area (Å²) in [4.78, 5) is 43.3. The highest BCUT2D eigenvalue weighted by molar-refractivity contribution is 5.97. The fourth-order valence-electron chi connectivity index (χ4n) is 5.54. The molecule has 2 amide bonds. The Morgan fingerprint density at radius 2 is 1.61 bits per heavy atom. The van der Waals surface area contributed by atoms with Crippen molar-refractivity contribution in [3.63, 3.8) is 0 Å².